The van der Waals surface area contributed by atoms with Gasteiger partial charge < -0.3 is 5.32 Å². The zero-order chi connectivity index (χ0) is 13.2. The third kappa shape index (κ3) is 3.09. The maximum absolute atomic E-state index is 12.0. The highest BCUT2D eigenvalue weighted by atomic mass is 79.9. The summed E-state index contributed by atoms with van der Waals surface area (Å²) < 4.78 is 2.73. The van der Waals surface area contributed by atoms with Crippen molar-refractivity contribution in [1.82, 2.24) is 15.1 Å². The first kappa shape index (κ1) is 14.2. The summed E-state index contributed by atoms with van der Waals surface area (Å²) in [4.78, 5) is 12.0. The summed E-state index contributed by atoms with van der Waals surface area (Å²) in [7, 11) is 0. The molecule has 0 spiro atoms. The molecule has 4 nitrogen and oxygen atoms in total. The maximum Gasteiger partial charge on any atom is 0.244 e. The van der Waals surface area contributed by atoms with E-state index in [-0.39, 0.29) is 18.0 Å². The zero-order valence-corrected chi connectivity index (χ0v) is 12.6. The Balaban J connectivity index is 2.85. The Kier molecular flexibility index (Phi) is 4.74. The third-order valence-corrected chi connectivity index (χ3v) is 4.13. The smallest absolute Gasteiger partial charge is 0.244 e. The number of carbonyl (C=O) groups excluding carboxylic acids is 1. The van der Waals surface area contributed by atoms with E-state index in [0.717, 1.165) is 22.3 Å². The second-order valence-corrected chi connectivity index (χ2v) is 5.22. The van der Waals surface area contributed by atoms with E-state index in [4.69, 9.17) is 0 Å². The highest BCUT2D eigenvalue weighted by molar-refractivity contribution is 9.10. The van der Waals surface area contributed by atoms with Gasteiger partial charge in [0.05, 0.1) is 15.9 Å². The number of nitrogens with one attached hydrogen (secondary N) is 1. The summed E-state index contributed by atoms with van der Waals surface area (Å²) in [6, 6.07) is -0.0839. The molecule has 2 unspecified atom stereocenters. The lowest BCUT2D eigenvalue weighted by atomic mass is 10.2. The zero-order valence-electron chi connectivity index (χ0n) is 11.0. The van der Waals surface area contributed by atoms with Gasteiger partial charge in [-0.3, -0.25) is 9.48 Å². The van der Waals surface area contributed by atoms with Crippen molar-refractivity contribution >= 4 is 21.8 Å². The Hall–Kier alpha value is -0.840. The Labute approximate surface area is 111 Å². The molecule has 0 aromatic carbocycles. The molecular formula is C12H20BrN3O. The summed E-state index contributed by atoms with van der Waals surface area (Å²) in [5, 5.41) is 7.34. The van der Waals surface area contributed by atoms with Gasteiger partial charge in [-0.05, 0) is 50.0 Å². The van der Waals surface area contributed by atoms with Gasteiger partial charge in [-0.1, -0.05) is 6.92 Å². The second kappa shape index (κ2) is 5.67. The molecule has 0 saturated heterocycles. The first-order chi connectivity index (χ1) is 7.88. The number of halogens is 1. The van der Waals surface area contributed by atoms with Crippen LogP contribution in [-0.2, 0) is 4.79 Å². The first-order valence-electron chi connectivity index (χ1n) is 5.90. The molecule has 1 aromatic rings. The fourth-order valence-electron chi connectivity index (χ4n) is 1.60. The normalized spacial score (nSPS) is 14.5. The van der Waals surface area contributed by atoms with E-state index in [2.05, 4.69) is 33.3 Å². The van der Waals surface area contributed by atoms with Crippen molar-refractivity contribution in [1.29, 1.82) is 0 Å². The molecule has 5 heteroatoms. The average molecular weight is 302 g/mol. The van der Waals surface area contributed by atoms with Crippen molar-refractivity contribution in [2.75, 3.05) is 0 Å². The van der Waals surface area contributed by atoms with Crippen LogP contribution in [0.3, 0.4) is 0 Å². The molecule has 0 bridgehead atoms. The van der Waals surface area contributed by atoms with Crippen molar-refractivity contribution in [2.24, 2.45) is 0 Å². The molecule has 1 amide bonds. The van der Waals surface area contributed by atoms with Gasteiger partial charge in [-0.2, -0.15) is 5.10 Å². The molecule has 0 fully saturated rings. The van der Waals surface area contributed by atoms with E-state index in [1.807, 2.05) is 27.7 Å². The standard InChI is InChI=1S/C12H20BrN3O/c1-6-7(2)14-12(17)10(5)16-9(4)11(13)8(3)15-16/h7,10H,6H2,1-5H3,(H,14,17). The molecule has 1 N–H and O–H groups in total. The largest absolute Gasteiger partial charge is 0.352 e. The number of rotatable bonds is 4. The SMILES string of the molecule is CCC(C)NC(=O)C(C)n1nc(C)c(Br)c1C. The molecule has 0 aliphatic rings. The van der Waals surface area contributed by atoms with Crippen LogP contribution < -0.4 is 5.32 Å². The van der Waals surface area contributed by atoms with Gasteiger partial charge in [0.15, 0.2) is 0 Å². The number of hydrogen-bond acceptors (Lipinski definition) is 2. The molecule has 0 aliphatic heterocycles. The van der Waals surface area contributed by atoms with E-state index in [1.54, 1.807) is 4.68 Å². The predicted molar refractivity (Wildman–Crippen MR) is 72.0 cm³/mol. The van der Waals surface area contributed by atoms with Crippen molar-refractivity contribution in [3.05, 3.63) is 15.9 Å². The molecule has 0 saturated carbocycles. The number of aromatic nitrogens is 2. The van der Waals surface area contributed by atoms with Gasteiger partial charge in [0.2, 0.25) is 5.91 Å². The van der Waals surface area contributed by atoms with Crippen LogP contribution in [0.1, 0.15) is 44.6 Å². The summed E-state index contributed by atoms with van der Waals surface area (Å²) in [5.74, 6) is 0.0115. The lowest BCUT2D eigenvalue weighted by Gasteiger charge is -2.17. The molecule has 0 radical (unpaired) electrons. The van der Waals surface area contributed by atoms with Crippen molar-refractivity contribution < 1.29 is 4.79 Å². The minimum absolute atomic E-state index is 0.0115. The van der Waals surface area contributed by atoms with Crippen LogP contribution in [0.4, 0.5) is 0 Å². The Morgan fingerprint density at radius 1 is 1.47 bits per heavy atom. The van der Waals surface area contributed by atoms with Crippen molar-refractivity contribution in [3.8, 4) is 0 Å². The Morgan fingerprint density at radius 2 is 2.06 bits per heavy atom. The van der Waals surface area contributed by atoms with Crippen LogP contribution in [0.5, 0.6) is 0 Å². The Morgan fingerprint density at radius 3 is 2.47 bits per heavy atom. The summed E-state index contributed by atoms with van der Waals surface area (Å²) in [6.07, 6.45) is 0.930. The van der Waals surface area contributed by atoms with Gasteiger partial charge in [0, 0.05) is 6.04 Å². The van der Waals surface area contributed by atoms with Crippen LogP contribution in [0, 0.1) is 13.8 Å². The van der Waals surface area contributed by atoms with Gasteiger partial charge in [0.25, 0.3) is 0 Å². The molecule has 1 rings (SSSR count). The van der Waals surface area contributed by atoms with Crippen LogP contribution in [-0.4, -0.2) is 21.7 Å². The number of amides is 1. The second-order valence-electron chi connectivity index (χ2n) is 4.42. The highest BCUT2D eigenvalue weighted by Crippen LogP contribution is 2.22. The topological polar surface area (TPSA) is 46.9 Å². The number of hydrogen-bond donors (Lipinski definition) is 1. The predicted octanol–water partition coefficient (Wildman–Crippen LogP) is 2.74. The van der Waals surface area contributed by atoms with E-state index in [9.17, 15) is 4.79 Å². The summed E-state index contributed by atoms with van der Waals surface area (Å²) in [6.45, 7) is 9.80. The van der Waals surface area contributed by atoms with E-state index in [0.29, 0.717) is 0 Å². The van der Waals surface area contributed by atoms with Crippen LogP contribution >= 0.6 is 15.9 Å². The lowest BCUT2D eigenvalue weighted by molar-refractivity contribution is -0.124. The monoisotopic (exact) mass is 301 g/mol. The quantitative estimate of drug-likeness (QED) is 0.929. The van der Waals surface area contributed by atoms with Crippen LogP contribution in [0.15, 0.2) is 4.47 Å². The molecule has 1 heterocycles. The van der Waals surface area contributed by atoms with Crippen LogP contribution in [0.2, 0.25) is 0 Å². The van der Waals surface area contributed by atoms with Gasteiger partial charge in [-0.15, -0.1) is 0 Å². The summed E-state index contributed by atoms with van der Waals surface area (Å²) in [5.41, 5.74) is 1.89. The lowest BCUT2D eigenvalue weighted by Crippen LogP contribution is -2.37. The molecular weight excluding hydrogens is 282 g/mol. The van der Waals surface area contributed by atoms with Crippen molar-refractivity contribution in [2.45, 2.75) is 53.1 Å². The van der Waals surface area contributed by atoms with Gasteiger partial charge in [0.1, 0.15) is 6.04 Å². The fraction of sp³-hybridized carbons (Fsp3) is 0.667. The third-order valence-electron chi connectivity index (χ3n) is 2.98. The van der Waals surface area contributed by atoms with E-state index in [1.165, 1.54) is 0 Å². The molecule has 1 aromatic heterocycles. The number of aryl methyl sites for hydroxylation is 1. The van der Waals surface area contributed by atoms with Crippen molar-refractivity contribution in [3.63, 3.8) is 0 Å². The number of nitrogens with zero attached hydrogens (tertiary/aromatic N) is 2. The maximum atomic E-state index is 12.0. The summed E-state index contributed by atoms with van der Waals surface area (Å²) >= 11 is 3.47. The highest BCUT2D eigenvalue weighted by Gasteiger charge is 2.20. The molecule has 2 atom stereocenters. The van der Waals surface area contributed by atoms with E-state index < -0.39 is 0 Å². The van der Waals surface area contributed by atoms with Crippen LogP contribution in [0.25, 0.3) is 0 Å². The minimum Gasteiger partial charge on any atom is -0.352 e. The molecule has 0 aliphatic carbocycles. The van der Waals surface area contributed by atoms with E-state index >= 15 is 0 Å². The fourth-order valence-corrected chi connectivity index (χ4v) is 1.86. The molecule has 96 valence electrons. The molecule has 17 heavy (non-hydrogen) atoms. The minimum atomic E-state index is -0.283. The Bertz CT molecular complexity index is 414. The first-order valence-corrected chi connectivity index (χ1v) is 6.69. The average Bonchev–Trinajstić information content (AvgIpc) is 2.55. The van der Waals surface area contributed by atoms with Gasteiger partial charge >= 0.3 is 0 Å². The van der Waals surface area contributed by atoms with Gasteiger partial charge in [-0.25, -0.2) is 0 Å². The number of carbonyl (C=O) groups is 1.